The van der Waals surface area contributed by atoms with Crippen LogP contribution in [-0.2, 0) is 9.53 Å². The highest BCUT2D eigenvalue weighted by Gasteiger charge is 2.23. The Balaban J connectivity index is 3.13. The number of carboxylic acid groups (broad SMARTS) is 2. The average molecular weight is 278 g/mol. The monoisotopic (exact) mass is 278 g/mol. The van der Waals surface area contributed by atoms with E-state index in [1.807, 2.05) is 0 Å². The Kier molecular flexibility index (Phi) is 5.02. The van der Waals surface area contributed by atoms with E-state index in [-0.39, 0.29) is 17.7 Å². The van der Waals surface area contributed by atoms with Crippen LogP contribution in [0.25, 0.3) is 0 Å². The van der Waals surface area contributed by atoms with Gasteiger partial charge in [0.25, 0.3) is 0 Å². The van der Waals surface area contributed by atoms with Gasteiger partial charge in [-0.2, -0.15) is 0 Å². The van der Waals surface area contributed by atoms with Crippen molar-refractivity contribution < 1.29 is 29.3 Å². The van der Waals surface area contributed by atoms with Crippen molar-refractivity contribution in [1.29, 1.82) is 0 Å². The van der Waals surface area contributed by atoms with Gasteiger partial charge in [-0.05, 0) is 11.6 Å². The van der Waals surface area contributed by atoms with Crippen molar-refractivity contribution in [2.75, 3.05) is 6.61 Å². The van der Waals surface area contributed by atoms with Gasteiger partial charge in [-0.1, -0.05) is 25.6 Å². The molecule has 1 unspecified atom stereocenters. The summed E-state index contributed by atoms with van der Waals surface area (Å²) < 4.78 is 4.85. The Labute approximate surface area is 115 Å². The Hall–Kier alpha value is -2.63. The average Bonchev–Trinajstić information content (AvgIpc) is 2.43. The van der Waals surface area contributed by atoms with Gasteiger partial charge < -0.3 is 14.9 Å². The first-order valence-electron chi connectivity index (χ1n) is 5.77. The van der Waals surface area contributed by atoms with Crippen LogP contribution in [-0.4, -0.2) is 34.7 Å². The van der Waals surface area contributed by atoms with Crippen LogP contribution < -0.4 is 0 Å². The van der Waals surface area contributed by atoms with Gasteiger partial charge >= 0.3 is 17.9 Å². The van der Waals surface area contributed by atoms with E-state index in [2.05, 4.69) is 6.58 Å². The highest BCUT2D eigenvalue weighted by Crippen LogP contribution is 2.24. The summed E-state index contributed by atoms with van der Waals surface area (Å²) in [5, 5.41) is 18.2. The molecule has 0 aromatic heterocycles. The molecule has 2 N–H and O–H groups in total. The van der Waals surface area contributed by atoms with Crippen molar-refractivity contribution in [2.45, 2.75) is 12.8 Å². The van der Waals surface area contributed by atoms with Crippen molar-refractivity contribution in [2.24, 2.45) is 0 Å². The van der Waals surface area contributed by atoms with Crippen LogP contribution in [0.1, 0.15) is 39.1 Å². The fraction of sp³-hybridized carbons (Fsp3) is 0.214. The zero-order valence-electron chi connectivity index (χ0n) is 10.8. The molecular formula is C14H14O6. The van der Waals surface area contributed by atoms with Crippen LogP contribution in [0.4, 0.5) is 0 Å². The van der Waals surface area contributed by atoms with E-state index >= 15 is 0 Å². The third-order valence-corrected chi connectivity index (χ3v) is 2.71. The highest BCUT2D eigenvalue weighted by atomic mass is 16.5. The number of esters is 1. The van der Waals surface area contributed by atoms with Gasteiger partial charge in [-0.25, -0.2) is 14.4 Å². The number of carbonyl (C=O) groups is 3. The predicted octanol–water partition coefficient (Wildman–Crippen LogP) is 1.92. The topological polar surface area (TPSA) is 101 Å². The molecule has 0 aliphatic heterocycles. The second kappa shape index (κ2) is 6.51. The minimum Gasteiger partial charge on any atom is -0.478 e. The molecule has 0 saturated carbocycles. The summed E-state index contributed by atoms with van der Waals surface area (Å²) in [7, 11) is 0. The normalized spacial score (nSPS) is 11.4. The first-order valence-corrected chi connectivity index (χ1v) is 5.77. The lowest BCUT2D eigenvalue weighted by Crippen LogP contribution is -2.16. The summed E-state index contributed by atoms with van der Waals surface area (Å²) >= 11 is 0. The minimum atomic E-state index is -1.33. The molecule has 0 saturated heterocycles. The molecule has 0 amide bonds. The summed E-state index contributed by atoms with van der Waals surface area (Å²) in [5.74, 6) is -3.73. The van der Waals surface area contributed by atoms with Crippen LogP contribution in [0, 0.1) is 0 Å². The number of benzene rings is 1. The minimum absolute atomic E-state index is 0.0613. The van der Waals surface area contributed by atoms with E-state index in [4.69, 9.17) is 9.84 Å². The fourth-order valence-electron chi connectivity index (χ4n) is 1.75. The van der Waals surface area contributed by atoms with Crippen LogP contribution >= 0.6 is 0 Å². The number of hydrogen-bond donors (Lipinski definition) is 2. The van der Waals surface area contributed by atoms with Crippen molar-refractivity contribution in [3.05, 3.63) is 47.5 Å². The molecule has 1 atom stereocenters. The van der Waals surface area contributed by atoms with Gasteiger partial charge in [0.05, 0.1) is 17.7 Å². The molecule has 0 fully saturated rings. The Morgan fingerprint density at radius 3 is 2.45 bits per heavy atom. The molecule has 1 rings (SSSR count). The molecular weight excluding hydrogens is 264 g/mol. The Morgan fingerprint density at radius 2 is 1.95 bits per heavy atom. The zero-order valence-corrected chi connectivity index (χ0v) is 10.8. The van der Waals surface area contributed by atoms with E-state index in [1.165, 1.54) is 18.2 Å². The lowest BCUT2D eigenvalue weighted by Gasteiger charge is -2.15. The first-order chi connectivity index (χ1) is 9.38. The second-order valence-electron chi connectivity index (χ2n) is 4.12. The van der Waals surface area contributed by atoms with Crippen LogP contribution in [0.5, 0.6) is 0 Å². The van der Waals surface area contributed by atoms with Gasteiger partial charge in [-0.15, -0.1) is 0 Å². The van der Waals surface area contributed by atoms with Gasteiger partial charge in [-0.3, -0.25) is 0 Å². The van der Waals surface area contributed by atoms with E-state index < -0.39 is 23.8 Å². The van der Waals surface area contributed by atoms with E-state index in [0.717, 1.165) is 6.08 Å². The number of hydrogen-bond acceptors (Lipinski definition) is 4. The van der Waals surface area contributed by atoms with E-state index in [0.29, 0.717) is 5.56 Å². The summed E-state index contributed by atoms with van der Waals surface area (Å²) in [6.07, 6.45) is 0.999. The molecule has 0 aliphatic rings. The van der Waals surface area contributed by atoms with Crippen LogP contribution in [0.3, 0.4) is 0 Å². The van der Waals surface area contributed by atoms with E-state index in [1.54, 1.807) is 6.92 Å². The second-order valence-corrected chi connectivity index (χ2v) is 4.12. The number of ether oxygens (including phenoxy) is 1. The Morgan fingerprint density at radius 1 is 1.30 bits per heavy atom. The first kappa shape index (κ1) is 15.4. The standard InChI is InChI=1S/C14H14O6/c1-3-11(15)20-7-8(2)9-5-4-6-10(13(16)17)12(9)14(18)19/h3-6,8H,1,7H2,2H3,(H,16,17)(H,18,19). The van der Waals surface area contributed by atoms with Crippen molar-refractivity contribution in [1.82, 2.24) is 0 Å². The molecule has 0 heterocycles. The zero-order chi connectivity index (χ0) is 15.3. The molecule has 1 aromatic rings. The van der Waals surface area contributed by atoms with Crippen molar-refractivity contribution in [3.63, 3.8) is 0 Å². The fourth-order valence-corrected chi connectivity index (χ4v) is 1.75. The lowest BCUT2D eigenvalue weighted by atomic mass is 9.92. The summed E-state index contributed by atoms with van der Waals surface area (Å²) in [6.45, 7) is 4.83. The Bertz CT molecular complexity index is 561. The lowest BCUT2D eigenvalue weighted by molar-refractivity contribution is -0.138. The highest BCUT2D eigenvalue weighted by molar-refractivity contribution is 6.02. The molecule has 6 heteroatoms. The molecule has 0 aliphatic carbocycles. The summed E-state index contributed by atoms with van der Waals surface area (Å²) in [6, 6.07) is 4.18. The van der Waals surface area contributed by atoms with Crippen molar-refractivity contribution >= 4 is 17.9 Å². The maximum Gasteiger partial charge on any atom is 0.336 e. The maximum atomic E-state index is 11.3. The quantitative estimate of drug-likeness (QED) is 0.609. The van der Waals surface area contributed by atoms with Gasteiger partial charge in [0.1, 0.15) is 0 Å². The van der Waals surface area contributed by atoms with Gasteiger partial charge in [0, 0.05) is 12.0 Å². The number of carbonyl (C=O) groups excluding carboxylic acids is 1. The summed E-state index contributed by atoms with van der Waals surface area (Å²) in [4.78, 5) is 33.3. The molecule has 20 heavy (non-hydrogen) atoms. The summed E-state index contributed by atoms with van der Waals surface area (Å²) in [5.41, 5.74) is -0.284. The number of rotatable bonds is 6. The molecule has 0 radical (unpaired) electrons. The van der Waals surface area contributed by atoms with Crippen molar-refractivity contribution in [3.8, 4) is 0 Å². The third-order valence-electron chi connectivity index (χ3n) is 2.71. The third kappa shape index (κ3) is 3.44. The SMILES string of the molecule is C=CC(=O)OCC(C)c1cccc(C(=O)O)c1C(=O)O. The van der Waals surface area contributed by atoms with Crippen LogP contribution in [0.2, 0.25) is 0 Å². The predicted molar refractivity (Wildman–Crippen MR) is 69.9 cm³/mol. The number of aromatic carboxylic acids is 2. The molecule has 106 valence electrons. The van der Waals surface area contributed by atoms with Gasteiger partial charge in [0.2, 0.25) is 0 Å². The van der Waals surface area contributed by atoms with Gasteiger partial charge in [0.15, 0.2) is 0 Å². The molecule has 1 aromatic carbocycles. The smallest absolute Gasteiger partial charge is 0.336 e. The van der Waals surface area contributed by atoms with Crippen LogP contribution in [0.15, 0.2) is 30.9 Å². The maximum absolute atomic E-state index is 11.3. The molecule has 6 nitrogen and oxygen atoms in total. The number of carboxylic acids is 2. The largest absolute Gasteiger partial charge is 0.478 e. The van der Waals surface area contributed by atoms with E-state index in [9.17, 15) is 19.5 Å². The molecule has 0 spiro atoms. The molecule has 0 bridgehead atoms.